The molecular formula is C21H23N3O3. The van der Waals surface area contributed by atoms with Crippen molar-refractivity contribution in [1.29, 1.82) is 0 Å². The number of aromatic amines is 1. The number of hydrogen-bond acceptors (Lipinski definition) is 4. The van der Waals surface area contributed by atoms with Crippen molar-refractivity contribution in [3.8, 4) is 11.5 Å². The van der Waals surface area contributed by atoms with Crippen molar-refractivity contribution in [3.63, 3.8) is 0 Å². The van der Waals surface area contributed by atoms with Gasteiger partial charge in [0, 0.05) is 35.9 Å². The summed E-state index contributed by atoms with van der Waals surface area (Å²) in [5.41, 5.74) is 2.52. The number of aromatic nitrogens is 2. The molecule has 0 radical (unpaired) electrons. The van der Waals surface area contributed by atoms with Crippen LogP contribution in [0.15, 0.2) is 42.7 Å². The molecule has 3 heterocycles. The molecule has 1 amide bonds. The third-order valence-corrected chi connectivity index (χ3v) is 5.19. The quantitative estimate of drug-likeness (QED) is 0.760. The number of benzene rings is 1. The largest absolute Gasteiger partial charge is 0.493 e. The fraction of sp³-hybridized carbons (Fsp3) is 0.333. The van der Waals surface area contributed by atoms with Crippen molar-refractivity contribution in [3.05, 3.63) is 54.0 Å². The maximum atomic E-state index is 13.3. The Labute approximate surface area is 158 Å². The number of nitrogens with one attached hydrogen (secondary N) is 1. The van der Waals surface area contributed by atoms with Gasteiger partial charge in [0.15, 0.2) is 11.5 Å². The van der Waals surface area contributed by atoms with E-state index in [1.165, 1.54) is 0 Å². The minimum atomic E-state index is 0.0117. The first-order chi connectivity index (χ1) is 13.2. The molecule has 27 heavy (non-hydrogen) atoms. The van der Waals surface area contributed by atoms with Gasteiger partial charge in [-0.15, -0.1) is 0 Å². The van der Waals surface area contributed by atoms with E-state index < -0.39 is 0 Å². The van der Waals surface area contributed by atoms with Crippen molar-refractivity contribution in [2.24, 2.45) is 0 Å². The van der Waals surface area contributed by atoms with Crippen LogP contribution in [-0.2, 0) is 0 Å². The Kier molecular flexibility index (Phi) is 4.71. The van der Waals surface area contributed by atoms with Gasteiger partial charge >= 0.3 is 0 Å². The first kappa shape index (κ1) is 17.4. The zero-order valence-electron chi connectivity index (χ0n) is 15.6. The minimum Gasteiger partial charge on any atom is -0.493 e. The van der Waals surface area contributed by atoms with Gasteiger partial charge in [-0.05, 0) is 43.0 Å². The van der Waals surface area contributed by atoms with Crippen LogP contribution in [0.4, 0.5) is 0 Å². The summed E-state index contributed by atoms with van der Waals surface area (Å²) >= 11 is 0. The molecule has 1 aromatic carbocycles. The lowest BCUT2D eigenvalue weighted by atomic mass is 9.96. The molecule has 3 aromatic rings. The Balaban J connectivity index is 1.68. The van der Waals surface area contributed by atoms with Crippen LogP contribution in [0.1, 0.15) is 41.4 Å². The molecule has 1 saturated heterocycles. The van der Waals surface area contributed by atoms with Crippen LogP contribution >= 0.6 is 0 Å². The number of piperidine rings is 1. The summed E-state index contributed by atoms with van der Waals surface area (Å²) in [6.07, 6.45) is 6.71. The van der Waals surface area contributed by atoms with Gasteiger partial charge in [0.2, 0.25) is 0 Å². The Morgan fingerprint density at radius 2 is 2.00 bits per heavy atom. The molecule has 1 N–H and O–H groups in total. The lowest BCUT2D eigenvalue weighted by molar-refractivity contribution is 0.0606. The topological polar surface area (TPSA) is 67.5 Å². The number of methoxy groups -OCH3 is 2. The predicted molar refractivity (Wildman–Crippen MR) is 103 cm³/mol. The number of fused-ring (bicyclic) bond motifs is 1. The highest BCUT2D eigenvalue weighted by Gasteiger charge is 2.29. The van der Waals surface area contributed by atoms with E-state index in [2.05, 4.69) is 9.97 Å². The fourth-order valence-corrected chi connectivity index (χ4v) is 3.82. The monoisotopic (exact) mass is 365 g/mol. The summed E-state index contributed by atoms with van der Waals surface area (Å²) in [7, 11) is 3.21. The summed E-state index contributed by atoms with van der Waals surface area (Å²) < 4.78 is 10.7. The van der Waals surface area contributed by atoms with Crippen LogP contribution in [0.2, 0.25) is 0 Å². The van der Waals surface area contributed by atoms with Crippen LogP contribution in [0.25, 0.3) is 10.9 Å². The number of nitrogens with zero attached hydrogens (tertiary/aromatic N) is 2. The van der Waals surface area contributed by atoms with E-state index in [0.717, 1.165) is 42.3 Å². The van der Waals surface area contributed by atoms with E-state index in [-0.39, 0.29) is 11.9 Å². The maximum absolute atomic E-state index is 13.3. The number of H-pyrrole nitrogens is 1. The highest BCUT2D eigenvalue weighted by atomic mass is 16.5. The van der Waals surface area contributed by atoms with Crippen LogP contribution in [0.5, 0.6) is 11.5 Å². The van der Waals surface area contributed by atoms with Crippen molar-refractivity contribution in [1.82, 2.24) is 14.9 Å². The summed E-state index contributed by atoms with van der Waals surface area (Å²) in [5, 5.41) is 0.922. The van der Waals surface area contributed by atoms with Gasteiger partial charge in [0.1, 0.15) is 5.69 Å². The van der Waals surface area contributed by atoms with Gasteiger partial charge < -0.3 is 19.4 Å². The summed E-state index contributed by atoms with van der Waals surface area (Å²) in [4.78, 5) is 22.7. The summed E-state index contributed by atoms with van der Waals surface area (Å²) in [6, 6.07) is 9.67. The second-order valence-corrected chi connectivity index (χ2v) is 6.77. The van der Waals surface area contributed by atoms with Crippen molar-refractivity contribution in [2.45, 2.75) is 25.3 Å². The molecule has 1 aliphatic rings. The zero-order chi connectivity index (χ0) is 18.8. The van der Waals surface area contributed by atoms with Crippen molar-refractivity contribution >= 4 is 16.8 Å². The predicted octanol–water partition coefficient (Wildman–Crippen LogP) is 3.95. The van der Waals surface area contributed by atoms with Crippen LogP contribution in [0.3, 0.4) is 0 Å². The van der Waals surface area contributed by atoms with E-state index in [9.17, 15) is 4.79 Å². The van der Waals surface area contributed by atoms with E-state index in [0.29, 0.717) is 17.2 Å². The van der Waals surface area contributed by atoms with E-state index in [4.69, 9.17) is 9.47 Å². The highest BCUT2D eigenvalue weighted by molar-refractivity contribution is 5.99. The number of rotatable bonds is 4. The van der Waals surface area contributed by atoms with Crippen LogP contribution in [0, 0.1) is 0 Å². The molecule has 140 valence electrons. The van der Waals surface area contributed by atoms with Crippen LogP contribution < -0.4 is 9.47 Å². The van der Waals surface area contributed by atoms with E-state index >= 15 is 0 Å². The number of likely N-dealkylation sites (tertiary alicyclic amines) is 1. The van der Waals surface area contributed by atoms with Gasteiger partial charge in [0.05, 0.1) is 20.3 Å². The number of carbonyl (C=O) groups excluding carboxylic acids is 1. The number of amides is 1. The lowest BCUT2D eigenvalue weighted by Crippen LogP contribution is -2.38. The molecule has 6 heteroatoms. The number of pyridine rings is 1. The van der Waals surface area contributed by atoms with Crippen molar-refractivity contribution < 1.29 is 14.3 Å². The maximum Gasteiger partial charge on any atom is 0.270 e. The first-order valence-electron chi connectivity index (χ1n) is 9.17. The number of carbonyl (C=O) groups is 1. The second-order valence-electron chi connectivity index (χ2n) is 6.77. The van der Waals surface area contributed by atoms with E-state index in [1.54, 1.807) is 20.4 Å². The molecule has 0 saturated carbocycles. The van der Waals surface area contributed by atoms with Gasteiger partial charge in [0.25, 0.3) is 5.91 Å². The average molecular weight is 365 g/mol. The molecule has 4 rings (SSSR count). The molecule has 1 atom stereocenters. The third kappa shape index (κ3) is 3.23. The van der Waals surface area contributed by atoms with Crippen molar-refractivity contribution in [2.75, 3.05) is 20.8 Å². The summed E-state index contributed by atoms with van der Waals surface area (Å²) in [5.74, 6) is 1.30. The number of ether oxygens (including phenoxy) is 2. The Morgan fingerprint density at radius 3 is 2.74 bits per heavy atom. The molecule has 2 aromatic heterocycles. The normalized spacial score (nSPS) is 17.1. The standard InChI is InChI=1S/C21H23N3O3/c1-26-19-11-15-10-17(23-16(15)12-20(19)27-2)21(25)24-9-4-3-7-18(24)14-6-5-8-22-13-14/h5-6,8,10-13,18,23H,3-4,7,9H2,1-2H3. The smallest absolute Gasteiger partial charge is 0.270 e. The molecular weight excluding hydrogens is 342 g/mol. The molecule has 6 nitrogen and oxygen atoms in total. The highest BCUT2D eigenvalue weighted by Crippen LogP contribution is 2.34. The zero-order valence-corrected chi connectivity index (χ0v) is 15.6. The second kappa shape index (κ2) is 7.31. The fourth-order valence-electron chi connectivity index (χ4n) is 3.82. The molecule has 1 unspecified atom stereocenters. The van der Waals surface area contributed by atoms with Gasteiger partial charge in [-0.1, -0.05) is 6.07 Å². The molecule has 1 aliphatic heterocycles. The van der Waals surface area contributed by atoms with Gasteiger partial charge in [-0.2, -0.15) is 0 Å². The SMILES string of the molecule is COc1cc2cc(C(=O)N3CCCCC3c3cccnc3)[nH]c2cc1OC. The van der Waals surface area contributed by atoms with Gasteiger partial charge in [-0.3, -0.25) is 9.78 Å². The van der Waals surface area contributed by atoms with Gasteiger partial charge in [-0.25, -0.2) is 0 Å². The van der Waals surface area contributed by atoms with E-state index in [1.807, 2.05) is 41.4 Å². The molecule has 0 bridgehead atoms. The Bertz CT molecular complexity index is 911. The lowest BCUT2D eigenvalue weighted by Gasteiger charge is -2.35. The third-order valence-electron chi connectivity index (χ3n) is 5.19. The number of hydrogen-bond donors (Lipinski definition) is 1. The molecule has 1 fully saturated rings. The minimum absolute atomic E-state index is 0.0117. The Hall–Kier alpha value is -3.02. The molecule has 0 aliphatic carbocycles. The van der Waals surface area contributed by atoms with Crippen LogP contribution in [-0.4, -0.2) is 41.5 Å². The Morgan fingerprint density at radius 1 is 1.19 bits per heavy atom. The first-order valence-corrected chi connectivity index (χ1v) is 9.17. The average Bonchev–Trinajstić information content (AvgIpc) is 3.15. The summed E-state index contributed by atoms with van der Waals surface area (Å²) in [6.45, 7) is 0.750. The molecule has 0 spiro atoms.